The number of carbonyl (C=O) groups is 1. The summed E-state index contributed by atoms with van der Waals surface area (Å²) in [6.07, 6.45) is 2.31. The number of hydrogen-bond donors (Lipinski definition) is 1. The summed E-state index contributed by atoms with van der Waals surface area (Å²) in [6, 6.07) is 13.5. The molecule has 2 aromatic carbocycles. The second-order valence-electron chi connectivity index (χ2n) is 7.94. The van der Waals surface area contributed by atoms with E-state index < -0.39 is 0 Å². The van der Waals surface area contributed by atoms with Gasteiger partial charge in [0.15, 0.2) is 5.78 Å². The minimum atomic E-state index is 0.00470. The Hall–Kier alpha value is -2.09. The third-order valence-corrected chi connectivity index (χ3v) is 5.32. The highest BCUT2D eigenvalue weighted by molar-refractivity contribution is 6.12. The largest absolute Gasteiger partial charge is 0.398 e. The molecule has 1 aliphatic rings. The normalized spacial score (nSPS) is 18.3. The smallest absolute Gasteiger partial charge is 0.195 e. The number of benzene rings is 2. The summed E-state index contributed by atoms with van der Waals surface area (Å²) >= 11 is 0. The van der Waals surface area contributed by atoms with Crippen LogP contribution in [0.15, 0.2) is 42.5 Å². The number of fused-ring (bicyclic) bond motifs is 1. The van der Waals surface area contributed by atoms with Gasteiger partial charge in [0.2, 0.25) is 0 Å². The molecule has 0 heterocycles. The van der Waals surface area contributed by atoms with Gasteiger partial charge in [-0.05, 0) is 53.0 Å². The average molecular weight is 307 g/mol. The Bertz CT molecular complexity index is 771. The zero-order valence-corrected chi connectivity index (χ0v) is 14.4. The SMILES string of the molecule is CC1(C)CCC(C)(C)c2cc(C(=O)c3ccccc3N)ccc21. The summed E-state index contributed by atoms with van der Waals surface area (Å²) in [4.78, 5) is 12.8. The molecule has 2 N–H and O–H groups in total. The number of ketones is 1. The quantitative estimate of drug-likeness (QED) is 0.636. The van der Waals surface area contributed by atoms with Crippen LogP contribution in [0.4, 0.5) is 5.69 Å². The molecule has 0 unspecified atom stereocenters. The highest BCUT2D eigenvalue weighted by atomic mass is 16.1. The molecular formula is C21H25NO. The van der Waals surface area contributed by atoms with Crippen LogP contribution in [0.2, 0.25) is 0 Å². The molecule has 2 nitrogen and oxygen atoms in total. The van der Waals surface area contributed by atoms with Crippen LogP contribution in [0.5, 0.6) is 0 Å². The van der Waals surface area contributed by atoms with Gasteiger partial charge in [-0.15, -0.1) is 0 Å². The molecule has 2 heteroatoms. The predicted octanol–water partition coefficient (Wildman–Crippen LogP) is 4.85. The van der Waals surface area contributed by atoms with E-state index in [9.17, 15) is 4.79 Å². The number of rotatable bonds is 2. The summed E-state index contributed by atoms with van der Waals surface area (Å²) < 4.78 is 0. The van der Waals surface area contributed by atoms with Crippen LogP contribution in [-0.2, 0) is 10.8 Å². The first kappa shape index (κ1) is 15.8. The molecule has 0 aromatic heterocycles. The lowest BCUT2D eigenvalue weighted by molar-refractivity contribution is 0.103. The molecule has 120 valence electrons. The van der Waals surface area contributed by atoms with E-state index in [1.807, 2.05) is 18.2 Å². The standard InChI is InChI=1S/C21H25NO/c1-20(2)11-12-21(3,4)17-13-14(9-10-16(17)20)19(23)15-7-5-6-8-18(15)22/h5-10,13H,11-12,22H2,1-4H3. The lowest BCUT2D eigenvalue weighted by Crippen LogP contribution is -2.34. The maximum Gasteiger partial charge on any atom is 0.195 e. The van der Waals surface area contributed by atoms with Gasteiger partial charge in [-0.2, -0.15) is 0 Å². The second kappa shape index (κ2) is 5.23. The van der Waals surface area contributed by atoms with E-state index in [2.05, 4.69) is 39.8 Å². The van der Waals surface area contributed by atoms with Gasteiger partial charge < -0.3 is 5.73 Å². The minimum absolute atomic E-state index is 0.00470. The van der Waals surface area contributed by atoms with Crippen molar-refractivity contribution >= 4 is 11.5 Å². The van der Waals surface area contributed by atoms with Crippen LogP contribution in [0.25, 0.3) is 0 Å². The zero-order valence-electron chi connectivity index (χ0n) is 14.4. The van der Waals surface area contributed by atoms with Gasteiger partial charge in [0.25, 0.3) is 0 Å². The molecule has 0 radical (unpaired) electrons. The fraction of sp³-hybridized carbons (Fsp3) is 0.381. The first-order valence-electron chi connectivity index (χ1n) is 8.27. The Balaban J connectivity index is 2.11. The van der Waals surface area contributed by atoms with Crippen molar-refractivity contribution in [1.29, 1.82) is 0 Å². The summed E-state index contributed by atoms with van der Waals surface area (Å²) in [7, 11) is 0. The van der Waals surface area contributed by atoms with Crippen LogP contribution in [0.3, 0.4) is 0 Å². The number of para-hydroxylation sites is 1. The Morgan fingerprint density at radius 3 is 2.17 bits per heavy atom. The van der Waals surface area contributed by atoms with Gasteiger partial charge in [-0.1, -0.05) is 52.0 Å². The topological polar surface area (TPSA) is 43.1 Å². The van der Waals surface area contributed by atoms with Crippen LogP contribution >= 0.6 is 0 Å². The van der Waals surface area contributed by atoms with Crippen LogP contribution in [-0.4, -0.2) is 5.78 Å². The van der Waals surface area contributed by atoms with Gasteiger partial charge in [0, 0.05) is 16.8 Å². The molecule has 0 amide bonds. The zero-order chi connectivity index (χ0) is 16.8. The summed E-state index contributed by atoms with van der Waals surface area (Å²) in [5, 5.41) is 0. The first-order valence-corrected chi connectivity index (χ1v) is 8.27. The van der Waals surface area contributed by atoms with Crippen molar-refractivity contribution in [2.24, 2.45) is 0 Å². The second-order valence-corrected chi connectivity index (χ2v) is 7.94. The van der Waals surface area contributed by atoms with E-state index in [0.29, 0.717) is 11.3 Å². The molecule has 1 aliphatic carbocycles. The third kappa shape index (κ3) is 2.67. The fourth-order valence-electron chi connectivity index (χ4n) is 3.59. The number of hydrogen-bond acceptors (Lipinski definition) is 2. The number of nitrogen functional groups attached to an aromatic ring is 1. The number of carbonyl (C=O) groups excluding carboxylic acids is 1. The molecule has 3 rings (SSSR count). The minimum Gasteiger partial charge on any atom is -0.398 e. The Kier molecular flexibility index (Phi) is 3.59. The molecule has 0 saturated carbocycles. The Morgan fingerprint density at radius 1 is 0.913 bits per heavy atom. The van der Waals surface area contributed by atoms with E-state index in [4.69, 9.17) is 5.73 Å². The summed E-state index contributed by atoms with van der Waals surface area (Å²) in [6.45, 7) is 9.12. The monoisotopic (exact) mass is 307 g/mol. The van der Waals surface area contributed by atoms with Gasteiger partial charge >= 0.3 is 0 Å². The molecule has 0 saturated heterocycles. The van der Waals surface area contributed by atoms with Gasteiger partial charge in [0.1, 0.15) is 0 Å². The molecule has 0 spiro atoms. The highest BCUT2D eigenvalue weighted by Gasteiger charge is 2.37. The lowest BCUT2D eigenvalue weighted by Gasteiger charge is -2.42. The van der Waals surface area contributed by atoms with Crippen molar-refractivity contribution in [1.82, 2.24) is 0 Å². The summed E-state index contributed by atoms with van der Waals surface area (Å²) in [5.41, 5.74) is 10.8. The van der Waals surface area contributed by atoms with E-state index >= 15 is 0 Å². The van der Waals surface area contributed by atoms with Gasteiger partial charge in [-0.25, -0.2) is 0 Å². The van der Waals surface area contributed by atoms with Gasteiger partial charge in [0.05, 0.1) is 0 Å². The van der Waals surface area contributed by atoms with E-state index in [1.54, 1.807) is 12.1 Å². The van der Waals surface area contributed by atoms with E-state index in [-0.39, 0.29) is 16.6 Å². The van der Waals surface area contributed by atoms with Crippen LogP contribution in [0, 0.1) is 0 Å². The van der Waals surface area contributed by atoms with Crippen molar-refractivity contribution in [2.75, 3.05) is 5.73 Å². The number of anilines is 1. The van der Waals surface area contributed by atoms with Crippen molar-refractivity contribution in [3.8, 4) is 0 Å². The van der Waals surface area contributed by atoms with Crippen molar-refractivity contribution in [2.45, 2.75) is 51.4 Å². The fourth-order valence-corrected chi connectivity index (χ4v) is 3.59. The van der Waals surface area contributed by atoms with Crippen LogP contribution < -0.4 is 5.73 Å². The van der Waals surface area contributed by atoms with Crippen molar-refractivity contribution in [3.63, 3.8) is 0 Å². The van der Waals surface area contributed by atoms with Crippen LogP contribution in [0.1, 0.15) is 67.6 Å². The third-order valence-electron chi connectivity index (χ3n) is 5.32. The van der Waals surface area contributed by atoms with Crippen molar-refractivity contribution < 1.29 is 4.79 Å². The molecule has 0 atom stereocenters. The maximum absolute atomic E-state index is 12.8. The molecule has 2 aromatic rings. The lowest BCUT2D eigenvalue weighted by atomic mass is 9.63. The number of nitrogens with two attached hydrogens (primary N) is 1. The molecule has 0 aliphatic heterocycles. The highest BCUT2D eigenvalue weighted by Crippen LogP contribution is 2.46. The summed E-state index contributed by atoms with van der Waals surface area (Å²) in [5.74, 6) is 0.00470. The van der Waals surface area contributed by atoms with Crippen molar-refractivity contribution in [3.05, 3.63) is 64.7 Å². The molecule has 0 fully saturated rings. The maximum atomic E-state index is 12.8. The van der Waals surface area contributed by atoms with E-state index in [1.165, 1.54) is 17.5 Å². The Morgan fingerprint density at radius 2 is 1.52 bits per heavy atom. The predicted molar refractivity (Wildman–Crippen MR) is 96.0 cm³/mol. The Labute approximate surface area is 138 Å². The molecule has 0 bridgehead atoms. The van der Waals surface area contributed by atoms with E-state index in [0.717, 1.165) is 12.0 Å². The first-order chi connectivity index (χ1) is 10.7. The molecular weight excluding hydrogens is 282 g/mol. The average Bonchev–Trinajstić information content (AvgIpc) is 2.51. The van der Waals surface area contributed by atoms with Gasteiger partial charge in [-0.3, -0.25) is 4.79 Å². The molecule has 23 heavy (non-hydrogen) atoms.